The summed E-state index contributed by atoms with van der Waals surface area (Å²) < 4.78 is 5.42. The third-order valence-electron chi connectivity index (χ3n) is 2.37. The Morgan fingerprint density at radius 1 is 1.47 bits per heavy atom. The van der Waals surface area contributed by atoms with Gasteiger partial charge in [-0.25, -0.2) is 0 Å². The van der Waals surface area contributed by atoms with Gasteiger partial charge in [0, 0.05) is 17.1 Å². The first-order chi connectivity index (χ1) is 8.35. The molecule has 0 fully saturated rings. The number of fused-ring (bicyclic) bond motifs is 1. The molecule has 0 N–H and O–H groups in total. The first-order valence-electron chi connectivity index (χ1n) is 5.43. The maximum atomic E-state index is 8.71. The number of hydrogen-bond donors (Lipinski definition) is 0. The molecule has 0 aliphatic rings. The number of ether oxygens (including phenoxy) is 1. The summed E-state index contributed by atoms with van der Waals surface area (Å²) in [4.78, 5) is 4.34. The highest BCUT2D eigenvalue weighted by molar-refractivity contribution is 5.81. The van der Waals surface area contributed by atoms with Gasteiger partial charge in [-0.3, -0.25) is 4.98 Å². The van der Waals surface area contributed by atoms with Crippen LogP contribution in [0.25, 0.3) is 16.7 Å². The minimum atomic E-state index is 0.528. The quantitative estimate of drug-likeness (QED) is 0.594. The normalized spacial score (nSPS) is 11.2. The number of aromatic nitrogens is 1. The van der Waals surface area contributed by atoms with Crippen molar-refractivity contribution in [3.8, 4) is 6.07 Å². The van der Waals surface area contributed by atoms with Crippen molar-refractivity contribution < 1.29 is 4.74 Å². The molecule has 0 aliphatic heterocycles. The van der Waals surface area contributed by atoms with Crippen LogP contribution in [0.2, 0.25) is 0 Å². The van der Waals surface area contributed by atoms with Gasteiger partial charge in [-0.1, -0.05) is 18.2 Å². The van der Waals surface area contributed by atoms with E-state index in [2.05, 4.69) is 4.98 Å². The smallest absolute Gasteiger partial charge is 0.138 e. The van der Waals surface area contributed by atoms with Crippen molar-refractivity contribution in [2.75, 3.05) is 6.61 Å². The summed E-state index contributed by atoms with van der Waals surface area (Å²) in [5, 5.41) is 9.75. The fourth-order valence-electron chi connectivity index (χ4n) is 1.63. The van der Waals surface area contributed by atoms with Gasteiger partial charge in [0.05, 0.1) is 24.3 Å². The lowest BCUT2D eigenvalue weighted by Crippen LogP contribution is -1.93. The molecule has 0 radical (unpaired) electrons. The van der Waals surface area contributed by atoms with Crippen molar-refractivity contribution in [2.45, 2.75) is 6.92 Å². The van der Waals surface area contributed by atoms with E-state index in [9.17, 15) is 0 Å². The Kier molecular flexibility index (Phi) is 3.37. The average Bonchev–Trinajstić information content (AvgIpc) is 2.38. The van der Waals surface area contributed by atoms with Gasteiger partial charge in [-0.15, -0.1) is 0 Å². The summed E-state index contributed by atoms with van der Waals surface area (Å²) in [6.07, 6.45) is 3.12. The Bertz CT molecular complexity index is 596. The van der Waals surface area contributed by atoms with Gasteiger partial charge >= 0.3 is 0 Å². The molecule has 0 aliphatic carbocycles. The Labute approximate surface area is 100.0 Å². The third kappa shape index (κ3) is 2.43. The van der Waals surface area contributed by atoms with E-state index in [0.717, 1.165) is 16.5 Å². The molecule has 0 saturated heterocycles. The third-order valence-corrected chi connectivity index (χ3v) is 2.37. The highest BCUT2D eigenvalue weighted by Gasteiger charge is 2.04. The highest BCUT2D eigenvalue weighted by atomic mass is 16.5. The molecule has 0 saturated carbocycles. The van der Waals surface area contributed by atoms with E-state index in [1.165, 1.54) is 6.08 Å². The van der Waals surface area contributed by atoms with E-state index in [1.54, 1.807) is 6.20 Å². The van der Waals surface area contributed by atoms with Crippen molar-refractivity contribution in [3.05, 3.63) is 48.2 Å². The summed E-state index contributed by atoms with van der Waals surface area (Å²) in [6.45, 7) is 2.42. The van der Waals surface area contributed by atoms with Crippen LogP contribution >= 0.6 is 0 Å². The molecule has 0 unspecified atom stereocenters. The zero-order valence-electron chi connectivity index (χ0n) is 9.55. The summed E-state index contributed by atoms with van der Waals surface area (Å²) in [5.41, 5.74) is 1.76. The molecule has 0 amide bonds. The van der Waals surface area contributed by atoms with Crippen LogP contribution in [0.4, 0.5) is 0 Å². The van der Waals surface area contributed by atoms with Crippen LogP contribution in [0.5, 0.6) is 0 Å². The fraction of sp³-hybridized carbons (Fsp3) is 0.143. The van der Waals surface area contributed by atoms with Gasteiger partial charge in [0.15, 0.2) is 0 Å². The van der Waals surface area contributed by atoms with Gasteiger partial charge in [-0.2, -0.15) is 5.26 Å². The molecule has 2 rings (SSSR count). The Morgan fingerprint density at radius 3 is 3.06 bits per heavy atom. The van der Waals surface area contributed by atoms with Crippen molar-refractivity contribution in [1.29, 1.82) is 5.26 Å². The second-order valence-corrected chi connectivity index (χ2v) is 3.49. The first-order valence-corrected chi connectivity index (χ1v) is 5.43. The molecule has 1 heterocycles. The molecular formula is C14H12N2O. The standard InChI is InChI=1S/C14H12N2O/c1-2-17-14(7-8-15)12-9-11-5-3-4-6-13(11)16-10-12/h3-7,9-10H,2H2,1H3/b14-7+. The number of rotatable bonds is 3. The van der Waals surface area contributed by atoms with Crippen molar-refractivity contribution in [2.24, 2.45) is 0 Å². The maximum absolute atomic E-state index is 8.71. The number of para-hydroxylation sites is 1. The number of benzene rings is 1. The average molecular weight is 224 g/mol. The fourth-order valence-corrected chi connectivity index (χ4v) is 1.63. The number of hydrogen-bond acceptors (Lipinski definition) is 3. The first kappa shape index (κ1) is 11.2. The van der Waals surface area contributed by atoms with Crippen LogP contribution in [-0.2, 0) is 4.74 Å². The van der Waals surface area contributed by atoms with Crippen LogP contribution in [-0.4, -0.2) is 11.6 Å². The lowest BCUT2D eigenvalue weighted by Gasteiger charge is -2.07. The van der Waals surface area contributed by atoms with Crippen LogP contribution in [0.3, 0.4) is 0 Å². The lowest BCUT2D eigenvalue weighted by atomic mass is 10.1. The van der Waals surface area contributed by atoms with Gasteiger partial charge in [0.25, 0.3) is 0 Å². The molecule has 84 valence electrons. The number of nitriles is 1. The van der Waals surface area contributed by atoms with Crippen LogP contribution < -0.4 is 0 Å². The van der Waals surface area contributed by atoms with E-state index in [4.69, 9.17) is 10.00 Å². The minimum Gasteiger partial charge on any atom is -0.492 e. The molecule has 0 spiro atoms. The molecule has 3 heteroatoms. The molecule has 0 bridgehead atoms. The zero-order chi connectivity index (χ0) is 12.1. The van der Waals surface area contributed by atoms with Crippen LogP contribution in [0.15, 0.2) is 42.6 Å². The van der Waals surface area contributed by atoms with E-state index in [-0.39, 0.29) is 0 Å². The van der Waals surface area contributed by atoms with E-state index in [1.807, 2.05) is 43.3 Å². The van der Waals surface area contributed by atoms with Crippen molar-refractivity contribution in [1.82, 2.24) is 4.98 Å². The lowest BCUT2D eigenvalue weighted by molar-refractivity contribution is 0.298. The predicted octanol–water partition coefficient (Wildman–Crippen LogP) is 3.14. The highest BCUT2D eigenvalue weighted by Crippen LogP contribution is 2.19. The maximum Gasteiger partial charge on any atom is 0.138 e. The van der Waals surface area contributed by atoms with Crippen LogP contribution in [0, 0.1) is 11.3 Å². The summed E-state index contributed by atoms with van der Waals surface area (Å²) in [6, 6.07) is 11.8. The Morgan fingerprint density at radius 2 is 2.29 bits per heavy atom. The molecule has 0 atom stereocenters. The molecule has 1 aromatic heterocycles. The zero-order valence-corrected chi connectivity index (χ0v) is 9.55. The monoisotopic (exact) mass is 224 g/mol. The molecule has 3 nitrogen and oxygen atoms in total. The molecule has 17 heavy (non-hydrogen) atoms. The van der Waals surface area contributed by atoms with E-state index >= 15 is 0 Å². The Balaban J connectivity index is 2.48. The summed E-state index contributed by atoms with van der Waals surface area (Å²) >= 11 is 0. The van der Waals surface area contributed by atoms with E-state index in [0.29, 0.717) is 12.4 Å². The second-order valence-electron chi connectivity index (χ2n) is 3.49. The molecular weight excluding hydrogens is 212 g/mol. The van der Waals surface area contributed by atoms with E-state index < -0.39 is 0 Å². The second kappa shape index (κ2) is 5.13. The number of allylic oxidation sites excluding steroid dienone is 1. The molecule has 2 aromatic rings. The molecule has 1 aromatic carbocycles. The minimum absolute atomic E-state index is 0.528. The SMILES string of the molecule is CCO/C(=C/C#N)c1cnc2ccccc2c1. The van der Waals surface area contributed by atoms with Gasteiger partial charge in [0.1, 0.15) is 5.76 Å². The van der Waals surface area contributed by atoms with Gasteiger partial charge < -0.3 is 4.74 Å². The van der Waals surface area contributed by atoms with Crippen molar-refractivity contribution in [3.63, 3.8) is 0 Å². The predicted molar refractivity (Wildman–Crippen MR) is 67.0 cm³/mol. The van der Waals surface area contributed by atoms with Gasteiger partial charge in [0.2, 0.25) is 0 Å². The summed E-state index contributed by atoms with van der Waals surface area (Å²) in [5.74, 6) is 0.563. The van der Waals surface area contributed by atoms with Crippen LogP contribution in [0.1, 0.15) is 12.5 Å². The van der Waals surface area contributed by atoms with Gasteiger partial charge in [-0.05, 0) is 19.1 Å². The topological polar surface area (TPSA) is 45.9 Å². The summed E-state index contributed by atoms with van der Waals surface area (Å²) in [7, 11) is 0. The number of nitrogens with zero attached hydrogens (tertiary/aromatic N) is 2. The number of pyridine rings is 1. The largest absolute Gasteiger partial charge is 0.492 e. The Hall–Kier alpha value is -2.34. The van der Waals surface area contributed by atoms with Crippen molar-refractivity contribution >= 4 is 16.7 Å².